The molecular formula is C16H26ClN3. The zero-order valence-corrected chi connectivity index (χ0v) is 13.5. The van der Waals surface area contributed by atoms with Crippen molar-refractivity contribution in [2.24, 2.45) is 5.73 Å². The van der Waals surface area contributed by atoms with Gasteiger partial charge in [-0.3, -0.25) is 4.90 Å². The van der Waals surface area contributed by atoms with Crippen molar-refractivity contribution in [3.8, 4) is 0 Å². The molecule has 3 nitrogen and oxygen atoms in total. The summed E-state index contributed by atoms with van der Waals surface area (Å²) in [5.41, 5.74) is 7.47. The van der Waals surface area contributed by atoms with Crippen molar-refractivity contribution >= 4 is 11.6 Å². The van der Waals surface area contributed by atoms with Gasteiger partial charge in [0.25, 0.3) is 0 Å². The SMILES string of the molecule is CC(c1cccc(Cl)c1)N(C)C1(CN)CCCN(C)C1. The number of benzene rings is 1. The fourth-order valence-corrected chi connectivity index (χ4v) is 3.54. The summed E-state index contributed by atoms with van der Waals surface area (Å²) < 4.78 is 0. The van der Waals surface area contributed by atoms with E-state index in [0.29, 0.717) is 12.6 Å². The number of nitrogens with two attached hydrogens (primary N) is 1. The van der Waals surface area contributed by atoms with Gasteiger partial charge in [0.15, 0.2) is 0 Å². The molecule has 1 aromatic rings. The first-order valence-electron chi connectivity index (χ1n) is 7.35. The fourth-order valence-electron chi connectivity index (χ4n) is 3.34. The highest BCUT2D eigenvalue weighted by Crippen LogP contribution is 2.33. The summed E-state index contributed by atoms with van der Waals surface area (Å²) in [7, 11) is 4.37. The Morgan fingerprint density at radius 1 is 1.50 bits per heavy atom. The lowest BCUT2D eigenvalue weighted by Gasteiger charge is -2.49. The molecule has 2 unspecified atom stereocenters. The average Bonchev–Trinajstić information content (AvgIpc) is 2.45. The van der Waals surface area contributed by atoms with Crippen LogP contribution in [-0.4, -0.2) is 49.1 Å². The van der Waals surface area contributed by atoms with Crippen LogP contribution in [0.2, 0.25) is 5.02 Å². The summed E-state index contributed by atoms with van der Waals surface area (Å²) in [5.74, 6) is 0. The second-order valence-electron chi connectivity index (χ2n) is 6.11. The summed E-state index contributed by atoms with van der Waals surface area (Å²) in [6.07, 6.45) is 2.37. The monoisotopic (exact) mass is 295 g/mol. The first kappa shape index (κ1) is 15.8. The van der Waals surface area contributed by atoms with E-state index in [0.717, 1.165) is 18.0 Å². The Balaban J connectivity index is 2.21. The van der Waals surface area contributed by atoms with Crippen molar-refractivity contribution in [3.63, 3.8) is 0 Å². The third-order valence-corrected chi connectivity index (χ3v) is 5.02. The summed E-state index contributed by atoms with van der Waals surface area (Å²) in [4.78, 5) is 4.83. The Labute approximate surface area is 127 Å². The maximum absolute atomic E-state index is 6.15. The molecule has 1 aromatic carbocycles. The average molecular weight is 296 g/mol. The Kier molecular flexibility index (Phi) is 5.08. The van der Waals surface area contributed by atoms with Crippen LogP contribution in [0.1, 0.15) is 31.4 Å². The molecular weight excluding hydrogens is 270 g/mol. The predicted molar refractivity (Wildman–Crippen MR) is 86.1 cm³/mol. The van der Waals surface area contributed by atoms with Crippen molar-refractivity contribution in [3.05, 3.63) is 34.9 Å². The highest BCUT2D eigenvalue weighted by atomic mass is 35.5. The van der Waals surface area contributed by atoms with Gasteiger partial charge in [-0.1, -0.05) is 23.7 Å². The van der Waals surface area contributed by atoms with E-state index in [1.165, 1.54) is 18.5 Å². The van der Waals surface area contributed by atoms with Gasteiger partial charge in [0.05, 0.1) is 0 Å². The van der Waals surface area contributed by atoms with Gasteiger partial charge < -0.3 is 10.6 Å². The zero-order chi connectivity index (χ0) is 14.8. The topological polar surface area (TPSA) is 32.5 Å². The van der Waals surface area contributed by atoms with Crippen LogP contribution in [0.15, 0.2) is 24.3 Å². The molecule has 0 amide bonds. The number of hydrogen-bond acceptors (Lipinski definition) is 3. The summed E-state index contributed by atoms with van der Waals surface area (Å²) in [5, 5.41) is 0.797. The predicted octanol–water partition coefficient (Wildman–Crippen LogP) is 2.76. The second-order valence-corrected chi connectivity index (χ2v) is 6.55. The molecule has 0 bridgehead atoms. The molecule has 20 heavy (non-hydrogen) atoms. The molecule has 1 aliphatic heterocycles. The van der Waals surface area contributed by atoms with Crippen LogP contribution in [0, 0.1) is 0 Å². The molecule has 2 atom stereocenters. The van der Waals surface area contributed by atoms with Crippen LogP contribution >= 0.6 is 11.6 Å². The Hall–Kier alpha value is -0.610. The van der Waals surface area contributed by atoms with Crippen LogP contribution in [0.25, 0.3) is 0 Å². The van der Waals surface area contributed by atoms with Gasteiger partial charge in [0, 0.05) is 29.7 Å². The van der Waals surface area contributed by atoms with Crippen LogP contribution in [0.4, 0.5) is 0 Å². The number of rotatable bonds is 4. The van der Waals surface area contributed by atoms with E-state index in [4.69, 9.17) is 17.3 Å². The quantitative estimate of drug-likeness (QED) is 0.927. The zero-order valence-electron chi connectivity index (χ0n) is 12.8. The second kappa shape index (κ2) is 6.44. The van der Waals surface area contributed by atoms with Gasteiger partial charge in [-0.2, -0.15) is 0 Å². The Bertz CT molecular complexity index is 451. The molecule has 1 heterocycles. The third kappa shape index (κ3) is 3.17. The smallest absolute Gasteiger partial charge is 0.0461 e. The molecule has 0 radical (unpaired) electrons. The number of hydrogen-bond donors (Lipinski definition) is 1. The molecule has 2 rings (SSSR count). The first-order chi connectivity index (χ1) is 9.48. The van der Waals surface area contributed by atoms with Crippen molar-refractivity contribution in [1.29, 1.82) is 0 Å². The minimum Gasteiger partial charge on any atom is -0.329 e. The van der Waals surface area contributed by atoms with E-state index in [2.05, 4.69) is 43.0 Å². The molecule has 112 valence electrons. The highest BCUT2D eigenvalue weighted by molar-refractivity contribution is 6.30. The van der Waals surface area contributed by atoms with E-state index in [9.17, 15) is 0 Å². The maximum atomic E-state index is 6.15. The van der Waals surface area contributed by atoms with Crippen LogP contribution in [0.5, 0.6) is 0 Å². The minimum atomic E-state index is 0.0642. The molecule has 4 heteroatoms. The highest BCUT2D eigenvalue weighted by Gasteiger charge is 2.39. The Morgan fingerprint density at radius 2 is 2.25 bits per heavy atom. The number of nitrogens with zero attached hydrogens (tertiary/aromatic N) is 2. The maximum Gasteiger partial charge on any atom is 0.0461 e. The third-order valence-electron chi connectivity index (χ3n) is 4.79. The van der Waals surface area contributed by atoms with Gasteiger partial charge in [-0.15, -0.1) is 0 Å². The molecule has 0 spiro atoms. The fraction of sp³-hybridized carbons (Fsp3) is 0.625. The van der Waals surface area contributed by atoms with Crippen LogP contribution < -0.4 is 5.73 Å². The summed E-state index contributed by atoms with van der Waals surface area (Å²) in [6, 6.07) is 8.45. The largest absolute Gasteiger partial charge is 0.329 e. The summed E-state index contributed by atoms with van der Waals surface area (Å²) in [6.45, 7) is 5.13. The first-order valence-corrected chi connectivity index (χ1v) is 7.73. The van der Waals surface area contributed by atoms with E-state index in [1.54, 1.807) is 0 Å². The van der Waals surface area contributed by atoms with Gasteiger partial charge in [0.2, 0.25) is 0 Å². The molecule has 0 saturated carbocycles. The lowest BCUT2D eigenvalue weighted by atomic mass is 9.86. The van der Waals surface area contributed by atoms with E-state index in [1.807, 2.05) is 12.1 Å². The van der Waals surface area contributed by atoms with Crippen LogP contribution in [-0.2, 0) is 0 Å². The van der Waals surface area contributed by atoms with Crippen LogP contribution in [0.3, 0.4) is 0 Å². The number of likely N-dealkylation sites (tertiary alicyclic amines) is 1. The number of halogens is 1. The molecule has 2 N–H and O–H groups in total. The van der Waals surface area contributed by atoms with Gasteiger partial charge in [0.1, 0.15) is 0 Å². The molecule has 1 aliphatic rings. The standard InChI is InChI=1S/C16H26ClN3/c1-13(14-6-4-7-15(17)10-14)20(3)16(11-18)8-5-9-19(2)12-16/h4,6-7,10,13H,5,8-9,11-12,18H2,1-3H3. The number of likely N-dealkylation sites (N-methyl/N-ethyl adjacent to an activating group) is 2. The van der Waals surface area contributed by atoms with Crippen molar-refractivity contribution < 1.29 is 0 Å². The molecule has 1 saturated heterocycles. The summed E-state index contributed by atoms with van der Waals surface area (Å²) >= 11 is 6.12. The normalized spacial score (nSPS) is 25.9. The van der Waals surface area contributed by atoms with Gasteiger partial charge >= 0.3 is 0 Å². The lowest BCUT2D eigenvalue weighted by Crippen LogP contribution is -2.61. The van der Waals surface area contributed by atoms with Gasteiger partial charge in [-0.05, 0) is 58.1 Å². The lowest BCUT2D eigenvalue weighted by molar-refractivity contribution is 0.0194. The van der Waals surface area contributed by atoms with E-state index in [-0.39, 0.29) is 5.54 Å². The van der Waals surface area contributed by atoms with E-state index < -0.39 is 0 Å². The van der Waals surface area contributed by atoms with E-state index >= 15 is 0 Å². The molecule has 0 aromatic heterocycles. The van der Waals surface area contributed by atoms with Gasteiger partial charge in [-0.25, -0.2) is 0 Å². The minimum absolute atomic E-state index is 0.0642. The number of piperidine rings is 1. The van der Waals surface area contributed by atoms with Crippen molar-refractivity contribution in [2.75, 3.05) is 33.7 Å². The van der Waals surface area contributed by atoms with Crippen molar-refractivity contribution in [1.82, 2.24) is 9.80 Å². The Morgan fingerprint density at radius 3 is 2.85 bits per heavy atom. The van der Waals surface area contributed by atoms with Crippen molar-refractivity contribution in [2.45, 2.75) is 31.3 Å². The molecule has 1 fully saturated rings. The molecule has 0 aliphatic carbocycles.